The zero-order valence-electron chi connectivity index (χ0n) is 14.6. The highest BCUT2D eigenvalue weighted by molar-refractivity contribution is 9.10. The summed E-state index contributed by atoms with van der Waals surface area (Å²) in [5.74, 6) is 0.724. The van der Waals surface area contributed by atoms with E-state index in [-0.39, 0.29) is 0 Å². The fourth-order valence-electron chi connectivity index (χ4n) is 2.50. The third kappa shape index (κ3) is 4.44. The maximum atomic E-state index is 4.79. The maximum absolute atomic E-state index is 4.79. The number of allylic oxidation sites excluding steroid dienone is 5. The maximum Gasteiger partial charge on any atom is 0.160 e. The van der Waals surface area contributed by atoms with E-state index >= 15 is 0 Å². The molecule has 0 aliphatic rings. The number of rotatable bonds is 5. The Bertz CT molecular complexity index is 955. The van der Waals surface area contributed by atoms with Crippen molar-refractivity contribution in [3.05, 3.63) is 102 Å². The molecule has 0 bridgehead atoms. The average Bonchev–Trinajstić information content (AvgIpc) is 2.69. The second kappa shape index (κ2) is 8.54. The van der Waals surface area contributed by atoms with Crippen LogP contribution in [0.3, 0.4) is 0 Å². The highest BCUT2D eigenvalue weighted by Crippen LogP contribution is 2.26. The van der Waals surface area contributed by atoms with E-state index in [4.69, 9.17) is 9.97 Å². The molecule has 0 radical (unpaired) electrons. The Kier molecular flexibility index (Phi) is 5.92. The highest BCUT2D eigenvalue weighted by Gasteiger charge is 2.09. The van der Waals surface area contributed by atoms with Crippen molar-refractivity contribution in [2.75, 3.05) is 0 Å². The van der Waals surface area contributed by atoms with E-state index in [9.17, 15) is 0 Å². The summed E-state index contributed by atoms with van der Waals surface area (Å²) < 4.78 is 1.05. The van der Waals surface area contributed by atoms with Crippen LogP contribution in [0.5, 0.6) is 0 Å². The predicted molar refractivity (Wildman–Crippen MR) is 114 cm³/mol. The van der Waals surface area contributed by atoms with Crippen LogP contribution in [0.15, 0.2) is 96.0 Å². The standard InChI is InChI=1S/C23H19BrN2/c1-3-4-6-9-17(2)21-16-22(18-12-14-20(24)15-13-18)26-23(25-21)19-10-7-5-8-11-19/h3-16H,1H2,2H3/b6-4-,17-9+. The number of halogens is 1. The van der Waals surface area contributed by atoms with Crippen LogP contribution >= 0.6 is 15.9 Å². The van der Waals surface area contributed by atoms with Gasteiger partial charge in [0.2, 0.25) is 0 Å². The van der Waals surface area contributed by atoms with E-state index in [1.807, 2.05) is 66.8 Å². The molecule has 0 atom stereocenters. The van der Waals surface area contributed by atoms with Gasteiger partial charge in [-0.25, -0.2) is 9.97 Å². The van der Waals surface area contributed by atoms with E-state index in [2.05, 4.69) is 41.6 Å². The van der Waals surface area contributed by atoms with Gasteiger partial charge in [0.25, 0.3) is 0 Å². The topological polar surface area (TPSA) is 25.8 Å². The SMILES string of the molecule is C=C/C=C\C=C(/C)c1cc(-c2ccc(Br)cc2)nc(-c2ccccc2)n1. The molecule has 0 N–H and O–H groups in total. The summed E-state index contributed by atoms with van der Waals surface area (Å²) in [6.45, 7) is 5.75. The molecule has 2 nitrogen and oxygen atoms in total. The van der Waals surface area contributed by atoms with Gasteiger partial charge in [0, 0.05) is 15.6 Å². The van der Waals surface area contributed by atoms with Crippen LogP contribution in [-0.4, -0.2) is 9.97 Å². The van der Waals surface area contributed by atoms with Crippen molar-refractivity contribution in [3.63, 3.8) is 0 Å². The zero-order valence-corrected chi connectivity index (χ0v) is 16.1. The summed E-state index contributed by atoms with van der Waals surface area (Å²) >= 11 is 3.48. The van der Waals surface area contributed by atoms with Crippen molar-refractivity contribution in [2.45, 2.75) is 6.92 Å². The molecule has 128 valence electrons. The predicted octanol–water partition coefficient (Wildman–Crippen LogP) is 6.72. The van der Waals surface area contributed by atoms with Crippen molar-refractivity contribution in [2.24, 2.45) is 0 Å². The molecule has 3 rings (SSSR count). The molecule has 2 aromatic carbocycles. The second-order valence-corrected chi connectivity index (χ2v) is 6.72. The summed E-state index contributed by atoms with van der Waals surface area (Å²) in [6.07, 6.45) is 7.65. The quantitative estimate of drug-likeness (QED) is 0.442. The van der Waals surface area contributed by atoms with Crippen molar-refractivity contribution in [1.82, 2.24) is 9.97 Å². The largest absolute Gasteiger partial charge is 0.228 e. The fourth-order valence-corrected chi connectivity index (χ4v) is 2.76. The molecule has 0 aliphatic heterocycles. The van der Waals surface area contributed by atoms with E-state index in [1.165, 1.54) is 0 Å². The van der Waals surface area contributed by atoms with Gasteiger partial charge >= 0.3 is 0 Å². The minimum absolute atomic E-state index is 0.724. The smallest absolute Gasteiger partial charge is 0.160 e. The number of hydrogen-bond donors (Lipinski definition) is 0. The van der Waals surface area contributed by atoms with Gasteiger partial charge in [-0.05, 0) is 30.7 Å². The van der Waals surface area contributed by atoms with Gasteiger partial charge in [0.1, 0.15) is 0 Å². The molecule has 0 spiro atoms. The molecule has 0 saturated carbocycles. The monoisotopic (exact) mass is 402 g/mol. The van der Waals surface area contributed by atoms with Crippen molar-refractivity contribution < 1.29 is 0 Å². The Morgan fingerprint density at radius 2 is 1.65 bits per heavy atom. The van der Waals surface area contributed by atoms with Crippen molar-refractivity contribution in [3.8, 4) is 22.6 Å². The lowest BCUT2D eigenvalue weighted by Gasteiger charge is -2.09. The summed E-state index contributed by atoms with van der Waals surface area (Å²) in [6, 6.07) is 20.2. The lowest BCUT2D eigenvalue weighted by Crippen LogP contribution is -1.97. The van der Waals surface area contributed by atoms with Gasteiger partial charge in [0.15, 0.2) is 5.82 Å². The summed E-state index contributed by atoms with van der Waals surface area (Å²) in [5.41, 5.74) is 4.94. The van der Waals surface area contributed by atoms with E-state index < -0.39 is 0 Å². The van der Waals surface area contributed by atoms with Crippen LogP contribution in [0.4, 0.5) is 0 Å². The van der Waals surface area contributed by atoms with Crippen LogP contribution in [0.1, 0.15) is 12.6 Å². The van der Waals surface area contributed by atoms with Gasteiger partial charge in [-0.15, -0.1) is 0 Å². The van der Waals surface area contributed by atoms with Gasteiger partial charge < -0.3 is 0 Å². The first-order chi connectivity index (χ1) is 12.7. The molecule has 3 aromatic rings. The average molecular weight is 403 g/mol. The Hall–Kier alpha value is -2.78. The fraction of sp³-hybridized carbons (Fsp3) is 0.0435. The molecule has 0 fully saturated rings. The minimum Gasteiger partial charge on any atom is -0.228 e. The summed E-state index contributed by atoms with van der Waals surface area (Å²) in [4.78, 5) is 9.57. The molecule has 26 heavy (non-hydrogen) atoms. The lowest BCUT2D eigenvalue weighted by atomic mass is 10.1. The third-order valence-electron chi connectivity index (χ3n) is 3.90. The molecule has 0 saturated heterocycles. The normalized spacial score (nSPS) is 11.7. The third-order valence-corrected chi connectivity index (χ3v) is 4.42. The van der Waals surface area contributed by atoms with Gasteiger partial charge in [-0.1, -0.05) is 89.3 Å². The molecule has 0 amide bonds. The first kappa shape index (κ1) is 18.0. The van der Waals surface area contributed by atoms with Crippen LogP contribution in [0.25, 0.3) is 28.2 Å². The molecular formula is C23H19BrN2. The Morgan fingerprint density at radius 1 is 0.923 bits per heavy atom. The number of nitrogens with zero attached hydrogens (tertiary/aromatic N) is 2. The van der Waals surface area contributed by atoms with Gasteiger partial charge in [-0.3, -0.25) is 0 Å². The number of hydrogen-bond acceptors (Lipinski definition) is 2. The molecule has 1 aromatic heterocycles. The molecule has 0 aliphatic carbocycles. The Balaban J connectivity index is 2.13. The first-order valence-electron chi connectivity index (χ1n) is 8.34. The minimum atomic E-state index is 0.724. The number of benzene rings is 2. The van der Waals surface area contributed by atoms with Crippen LogP contribution in [0.2, 0.25) is 0 Å². The van der Waals surface area contributed by atoms with Gasteiger partial charge in [0.05, 0.1) is 11.4 Å². The first-order valence-corrected chi connectivity index (χ1v) is 9.13. The number of aromatic nitrogens is 2. The van der Waals surface area contributed by atoms with E-state index in [0.29, 0.717) is 0 Å². The van der Waals surface area contributed by atoms with Crippen LogP contribution in [0, 0.1) is 0 Å². The van der Waals surface area contributed by atoms with E-state index in [1.54, 1.807) is 6.08 Å². The molecule has 0 unspecified atom stereocenters. The highest BCUT2D eigenvalue weighted by atomic mass is 79.9. The molecule has 3 heteroatoms. The van der Waals surface area contributed by atoms with Crippen molar-refractivity contribution in [1.29, 1.82) is 0 Å². The van der Waals surface area contributed by atoms with Crippen LogP contribution < -0.4 is 0 Å². The van der Waals surface area contributed by atoms with Crippen molar-refractivity contribution >= 4 is 21.5 Å². The lowest BCUT2D eigenvalue weighted by molar-refractivity contribution is 1.15. The van der Waals surface area contributed by atoms with E-state index in [0.717, 1.165) is 38.4 Å². The Morgan fingerprint density at radius 3 is 2.35 bits per heavy atom. The Labute approximate surface area is 162 Å². The summed E-state index contributed by atoms with van der Waals surface area (Å²) in [5, 5.41) is 0. The second-order valence-electron chi connectivity index (χ2n) is 5.81. The molecule has 1 heterocycles. The van der Waals surface area contributed by atoms with Crippen LogP contribution in [-0.2, 0) is 0 Å². The molecular weight excluding hydrogens is 384 g/mol. The summed E-state index contributed by atoms with van der Waals surface area (Å²) in [7, 11) is 0. The zero-order chi connectivity index (χ0) is 18.4. The van der Waals surface area contributed by atoms with Gasteiger partial charge in [-0.2, -0.15) is 0 Å².